The van der Waals surface area contributed by atoms with Crippen molar-refractivity contribution in [2.45, 2.75) is 38.5 Å². The molecule has 0 amide bonds. The molecule has 1 saturated carbocycles. The van der Waals surface area contributed by atoms with Crippen LogP contribution in [0.5, 0.6) is 0 Å². The lowest BCUT2D eigenvalue weighted by atomic mass is 10.3. The minimum absolute atomic E-state index is 0.0485. The summed E-state index contributed by atoms with van der Waals surface area (Å²) in [5, 5.41) is 11.2. The van der Waals surface area contributed by atoms with Gasteiger partial charge in [0.05, 0.1) is 11.8 Å². The molecule has 1 fully saturated rings. The fourth-order valence-electron chi connectivity index (χ4n) is 1.46. The molecule has 0 aliphatic heterocycles. The van der Waals surface area contributed by atoms with Gasteiger partial charge < -0.3 is 0 Å². The van der Waals surface area contributed by atoms with Gasteiger partial charge in [0.2, 0.25) is 0 Å². The highest BCUT2D eigenvalue weighted by atomic mass is 32.2. The smallest absolute Gasteiger partial charge is 0.166 e. The number of rotatable bonds is 5. The average Bonchev–Trinajstić information content (AvgIpc) is 2.98. The number of allylic oxidation sites excluding steroid dienone is 1. The number of nitrogens with zero attached hydrogens (tertiary/aromatic N) is 4. The maximum atomic E-state index is 11.8. The lowest BCUT2D eigenvalue weighted by molar-refractivity contribution is 0.576. The third kappa shape index (κ3) is 3.36. The Morgan fingerprint density at radius 1 is 1.47 bits per heavy atom. The molecule has 1 aliphatic rings. The van der Waals surface area contributed by atoms with Crippen LogP contribution in [0.3, 0.4) is 0 Å². The van der Waals surface area contributed by atoms with E-state index in [1.165, 1.54) is 0 Å². The van der Waals surface area contributed by atoms with Crippen molar-refractivity contribution in [3.63, 3.8) is 0 Å². The first kappa shape index (κ1) is 12.2. The predicted molar refractivity (Wildman–Crippen MR) is 63.0 cm³/mol. The summed E-state index contributed by atoms with van der Waals surface area (Å²) in [5.74, 6) is 0.419. The Balaban J connectivity index is 2.09. The third-order valence-corrected chi connectivity index (χ3v) is 3.92. The van der Waals surface area contributed by atoms with Crippen molar-refractivity contribution >= 4 is 9.84 Å². The molecular weight excluding hydrogens is 240 g/mol. The summed E-state index contributed by atoms with van der Waals surface area (Å²) < 4.78 is 25.3. The zero-order valence-electron chi connectivity index (χ0n) is 10.00. The fourth-order valence-corrected chi connectivity index (χ4v) is 2.75. The molecule has 0 saturated heterocycles. The molecule has 0 unspecified atom stereocenters. The van der Waals surface area contributed by atoms with E-state index in [2.05, 4.69) is 15.5 Å². The SMILES string of the molecule is CC(C)=CCS(=O)(=O)Cc1nnnn1C1CC1. The van der Waals surface area contributed by atoms with E-state index in [4.69, 9.17) is 0 Å². The molecule has 1 aromatic heterocycles. The largest absolute Gasteiger partial charge is 0.228 e. The van der Waals surface area contributed by atoms with Gasteiger partial charge in [-0.2, -0.15) is 0 Å². The maximum Gasteiger partial charge on any atom is 0.166 e. The van der Waals surface area contributed by atoms with Gasteiger partial charge in [-0.05, 0) is 37.1 Å². The van der Waals surface area contributed by atoms with Crippen LogP contribution >= 0.6 is 0 Å². The van der Waals surface area contributed by atoms with Crippen LogP contribution in [0.1, 0.15) is 38.6 Å². The van der Waals surface area contributed by atoms with Crippen molar-refractivity contribution in [2.75, 3.05) is 5.75 Å². The monoisotopic (exact) mass is 256 g/mol. The molecule has 0 radical (unpaired) electrons. The Morgan fingerprint density at radius 3 is 2.76 bits per heavy atom. The summed E-state index contributed by atoms with van der Waals surface area (Å²) in [6.45, 7) is 3.76. The Bertz CT molecular complexity index is 524. The summed E-state index contributed by atoms with van der Waals surface area (Å²) in [6, 6.07) is 0.304. The maximum absolute atomic E-state index is 11.8. The van der Waals surface area contributed by atoms with Gasteiger partial charge in [-0.1, -0.05) is 11.6 Å². The Kier molecular flexibility index (Phi) is 3.28. The van der Waals surface area contributed by atoms with E-state index < -0.39 is 9.84 Å². The molecule has 1 heterocycles. The highest BCUT2D eigenvalue weighted by Gasteiger charge is 2.29. The molecule has 2 rings (SSSR count). The van der Waals surface area contributed by atoms with Crippen LogP contribution in [0, 0.1) is 0 Å². The van der Waals surface area contributed by atoms with Crippen LogP contribution in [0.4, 0.5) is 0 Å². The summed E-state index contributed by atoms with van der Waals surface area (Å²) in [6.07, 6.45) is 3.78. The van der Waals surface area contributed by atoms with Gasteiger partial charge in [-0.15, -0.1) is 5.10 Å². The van der Waals surface area contributed by atoms with Crippen LogP contribution in [-0.2, 0) is 15.6 Å². The van der Waals surface area contributed by atoms with E-state index in [0.717, 1.165) is 18.4 Å². The molecular formula is C10H16N4O2S. The number of hydrogen-bond donors (Lipinski definition) is 0. The van der Waals surface area contributed by atoms with Crippen molar-refractivity contribution in [3.8, 4) is 0 Å². The van der Waals surface area contributed by atoms with E-state index in [-0.39, 0.29) is 11.5 Å². The Morgan fingerprint density at radius 2 is 2.18 bits per heavy atom. The van der Waals surface area contributed by atoms with E-state index in [9.17, 15) is 8.42 Å². The zero-order chi connectivity index (χ0) is 12.5. The predicted octanol–water partition coefficient (Wildman–Crippen LogP) is 0.889. The second-order valence-corrected chi connectivity index (χ2v) is 6.72. The second-order valence-electron chi connectivity index (χ2n) is 4.61. The molecule has 0 spiro atoms. The van der Waals surface area contributed by atoms with Gasteiger partial charge >= 0.3 is 0 Å². The average molecular weight is 256 g/mol. The highest BCUT2D eigenvalue weighted by molar-refractivity contribution is 7.90. The molecule has 17 heavy (non-hydrogen) atoms. The van der Waals surface area contributed by atoms with E-state index in [1.807, 2.05) is 13.8 Å². The van der Waals surface area contributed by atoms with Gasteiger partial charge in [-0.3, -0.25) is 0 Å². The molecule has 0 aromatic carbocycles. The first-order valence-electron chi connectivity index (χ1n) is 5.58. The van der Waals surface area contributed by atoms with Gasteiger partial charge in [0, 0.05) is 0 Å². The topological polar surface area (TPSA) is 77.7 Å². The van der Waals surface area contributed by atoms with Gasteiger partial charge in [0.25, 0.3) is 0 Å². The molecule has 1 aromatic rings. The normalized spacial score (nSPS) is 15.9. The van der Waals surface area contributed by atoms with Crippen LogP contribution in [0.25, 0.3) is 0 Å². The lowest BCUT2D eigenvalue weighted by Gasteiger charge is -2.02. The molecule has 94 valence electrons. The van der Waals surface area contributed by atoms with E-state index >= 15 is 0 Å². The number of tetrazole rings is 1. The van der Waals surface area contributed by atoms with Gasteiger partial charge in [0.1, 0.15) is 5.75 Å². The summed E-state index contributed by atoms with van der Waals surface area (Å²) in [4.78, 5) is 0. The lowest BCUT2D eigenvalue weighted by Crippen LogP contribution is -2.13. The standard InChI is InChI=1S/C10H16N4O2S/c1-8(2)5-6-17(15,16)7-10-11-12-13-14(10)9-3-4-9/h5,9H,3-4,6-7H2,1-2H3. The quantitative estimate of drug-likeness (QED) is 0.731. The van der Waals surface area contributed by atoms with Crippen LogP contribution < -0.4 is 0 Å². The number of aromatic nitrogens is 4. The molecule has 6 nitrogen and oxygen atoms in total. The van der Waals surface area contributed by atoms with Crippen molar-refractivity contribution in [2.24, 2.45) is 0 Å². The summed E-state index contributed by atoms with van der Waals surface area (Å²) >= 11 is 0. The van der Waals surface area contributed by atoms with Gasteiger partial charge in [0.15, 0.2) is 15.7 Å². The number of sulfone groups is 1. The molecule has 1 aliphatic carbocycles. The van der Waals surface area contributed by atoms with Crippen LogP contribution in [0.15, 0.2) is 11.6 Å². The van der Waals surface area contributed by atoms with Gasteiger partial charge in [-0.25, -0.2) is 13.1 Å². The van der Waals surface area contributed by atoms with Crippen molar-refractivity contribution in [1.82, 2.24) is 20.2 Å². The molecule has 7 heteroatoms. The Labute approximate surface area is 101 Å². The summed E-state index contributed by atoms with van der Waals surface area (Å²) in [5.41, 5.74) is 0.996. The highest BCUT2D eigenvalue weighted by Crippen LogP contribution is 2.34. The van der Waals surface area contributed by atoms with Crippen molar-refractivity contribution in [3.05, 3.63) is 17.5 Å². The molecule has 0 bridgehead atoms. The fraction of sp³-hybridized carbons (Fsp3) is 0.700. The molecule has 0 atom stereocenters. The Hall–Kier alpha value is -1.24. The number of hydrogen-bond acceptors (Lipinski definition) is 5. The first-order chi connectivity index (χ1) is 7.98. The summed E-state index contributed by atoms with van der Waals surface area (Å²) in [7, 11) is -3.17. The first-order valence-corrected chi connectivity index (χ1v) is 7.40. The van der Waals surface area contributed by atoms with E-state index in [0.29, 0.717) is 11.9 Å². The van der Waals surface area contributed by atoms with Crippen LogP contribution in [0.2, 0.25) is 0 Å². The van der Waals surface area contributed by atoms with Crippen molar-refractivity contribution < 1.29 is 8.42 Å². The zero-order valence-corrected chi connectivity index (χ0v) is 10.8. The minimum Gasteiger partial charge on any atom is -0.228 e. The molecule has 0 N–H and O–H groups in total. The van der Waals surface area contributed by atoms with E-state index in [1.54, 1.807) is 10.8 Å². The minimum atomic E-state index is -3.17. The van der Waals surface area contributed by atoms with Crippen molar-refractivity contribution in [1.29, 1.82) is 0 Å². The van der Waals surface area contributed by atoms with Crippen LogP contribution in [-0.4, -0.2) is 34.4 Å². The third-order valence-electron chi connectivity index (χ3n) is 2.55. The second kappa shape index (κ2) is 4.56.